The maximum absolute atomic E-state index is 13.6. The van der Waals surface area contributed by atoms with Crippen molar-refractivity contribution in [2.45, 2.75) is 20.0 Å². The van der Waals surface area contributed by atoms with Gasteiger partial charge >= 0.3 is 5.69 Å². The van der Waals surface area contributed by atoms with Crippen LogP contribution in [0.25, 0.3) is 10.9 Å². The van der Waals surface area contributed by atoms with Crippen molar-refractivity contribution < 1.29 is 22.8 Å². The van der Waals surface area contributed by atoms with E-state index in [1.54, 1.807) is 19.1 Å². The Kier molecular flexibility index (Phi) is 6.23. The third kappa shape index (κ3) is 4.34. The second-order valence-electron chi connectivity index (χ2n) is 6.48. The number of aromatic nitrogens is 2. The number of para-hydroxylation sites is 1. The number of benzene rings is 2. The Morgan fingerprint density at radius 2 is 1.65 bits per heavy atom. The molecule has 2 aromatic carbocycles. The first kappa shape index (κ1) is 21.8. The monoisotopic (exact) mass is 434 g/mol. The number of nitrogens with one attached hydrogen (secondary N) is 2. The van der Waals surface area contributed by atoms with Crippen LogP contribution in [0.5, 0.6) is 0 Å². The first-order chi connectivity index (χ1) is 14.7. The van der Waals surface area contributed by atoms with Gasteiger partial charge in [0.1, 0.15) is 6.54 Å². The normalized spacial score (nSPS) is 10.8. The van der Waals surface area contributed by atoms with E-state index in [1.807, 2.05) is 5.32 Å². The number of nitrogens with zero attached hydrogens (tertiary/aromatic N) is 2. The minimum absolute atomic E-state index is 0.103. The van der Waals surface area contributed by atoms with E-state index in [0.29, 0.717) is 6.07 Å². The SMILES string of the molecule is CCn1c(=O)c2ccccc2n(CC(=O)NCC(=O)Nc2ccc(F)c(F)c2F)c1=O. The number of hydrogen-bond acceptors (Lipinski definition) is 4. The summed E-state index contributed by atoms with van der Waals surface area (Å²) in [6, 6.07) is 7.77. The fourth-order valence-corrected chi connectivity index (χ4v) is 3.00. The molecule has 162 valence electrons. The molecule has 2 amide bonds. The highest BCUT2D eigenvalue weighted by Gasteiger charge is 2.17. The molecule has 1 aromatic heterocycles. The van der Waals surface area contributed by atoms with Crippen LogP contribution < -0.4 is 21.9 Å². The predicted octanol–water partition coefficient (Wildman–Crippen LogP) is 1.36. The Hall–Kier alpha value is -3.89. The average Bonchev–Trinajstić information content (AvgIpc) is 2.76. The van der Waals surface area contributed by atoms with Crippen LogP contribution >= 0.6 is 0 Å². The van der Waals surface area contributed by atoms with Crippen LogP contribution in [0.1, 0.15) is 6.92 Å². The van der Waals surface area contributed by atoms with Crippen LogP contribution in [-0.2, 0) is 22.7 Å². The molecule has 1 heterocycles. The Morgan fingerprint density at radius 1 is 0.935 bits per heavy atom. The highest BCUT2D eigenvalue weighted by molar-refractivity contribution is 5.94. The lowest BCUT2D eigenvalue weighted by molar-refractivity contribution is -0.124. The summed E-state index contributed by atoms with van der Waals surface area (Å²) in [4.78, 5) is 49.2. The third-order valence-electron chi connectivity index (χ3n) is 4.51. The number of carbonyl (C=O) groups is 2. The summed E-state index contributed by atoms with van der Waals surface area (Å²) in [6.07, 6.45) is 0. The standard InChI is InChI=1S/C20H17F3N4O4/c1-2-26-19(30)11-5-3-4-6-14(11)27(20(26)31)10-16(29)24-9-15(28)25-13-8-7-12(21)17(22)18(13)23/h3-8H,2,9-10H2,1H3,(H,24,29)(H,25,28). The van der Waals surface area contributed by atoms with E-state index in [4.69, 9.17) is 0 Å². The molecule has 0 aliphatic rings. The number of carbonyl (C=O) groups excluding carboxylic acids is 2. The van der Waals surface area contributed by atoms with Crippen LogP contribution in [0, 0.1) is 17.5 Å². The van der Waals surface area contributed by atoms with Gasteiger partial charge in [0.25, 0.3) is 5.56 Å². The minimum Gasteiger partial charge on any atom is -0.345 e. The molecule has 0 spiro atoms. The van der Waals surface area contributed by atoms with Crippen molar-refractivity contribution in [1.82, 2.24) is 14.5 Å². The first-order valence-corrected chi connectivity index (χ1v) is 9.17. The van der Waals surface area contributed by atoms with E-state index in [0.717, 1.165) is 15.2 Å². The highest BCUT2D eigenvalue weighted by atomic mass is 19.2. The number of fused-ring (bicyclic) bond motifs is 1. The van der Waals surface area contributed by atoms with Crippen LogP contribution in [0.15, 0.2) is 46.0 Å². The van der Waals surface area contributed by atoms with E-state index < -0.39 is 59.3 Å². The van der Waals surface area contributed by atoms with Crippen molar-refractivity contribution in [2.75, 3.05) is 11.9 Å². The largest absolute Gasteiger partial charge is 0.345 e. The van der Waals surface area contributed by atoms with Gasteiger partial charge in [0.15, 0.2) is 17.5 Å². The van der Waals surface area contributed by atoms with Crippen molar-refractivity contribution >= 4 is 28.4 Å². The number of amides is 2. The van der Waals surface area contributed by atoms with Gasteiger partial charge in [-0.3, -0.25) is 23.5 Å². The average molecular weight is 434 g/mol. The first-order valence-electron chi connectivity index (χ1n) is 9.17. The van der Waals surface area contributed by atoms with Gasteiger partial charge in [-0.25, -0.2) is 18.0 Å². The lowest BCUT2D eigenvalue weighted by Gasteiger charge is -2.13. The molecule has 3 aromatic rings. The number of hydrogen-bond donors (Lipinski definition) is 2. The number of halogens is 3. The Morgan fingerprint density at radius 3 is 2.35 bits per heavy atom. The molecule has 0 radical (unpaired) electrons. The summed E-state index contributed by atoms with van der Waals surface area (Å²) in [7, 11) is 0. The number of anilines is 1. The predicted molar refractivity (Wildman–Crippen MR) is 106 cm³/mol. The minimum atomic E-state index is -1.74. The van der Waals surface area contributed by atoms with Gasteiger partial charge in [0, 0.05) is 6.54 Å². The molecular formula is C20H17F3N4O4. The summed E-state index contributed by atoms with van der Waals surface area (Å²) < 4.78 is 41.9. The summed E-state index contributed by atoms with van der Waals surface area (Å²) in [5, 5.41) is 4.52. The Labute approximate surface area is 172 Å². The maximum Gasteiger partial charge on any atom is 0.331 e. The zero-order valence-electron chi connectivity index (χ0n) is 16.2. The zero-order valence-corrected chi connectivity index (χ0v) is 16.2. The topological polar surface area (TPSA) is 102 Å². The molecule has 2 N–H and O–H groups in total. The molecule has 31 heavy (non-hydrogen) atoms. The second kappa shape index (κ2) is 8.86. The van der Waals surface area contributed by atoms with E-state index in [2.05, 4.69) is 5.32 Å². The molecule has 0 saturated carbocycles. The third-order valence-corrected chi connectivity index (χ3v) is 4.51. The molecule has 11 heteroatoms. The Balaban J connectivity index is 1.74. The van der Waals surface area contributed by atoms with Gasteiger partial charge in [0.05, 0.1) is 23.1 Å². The van der Waals surface area contributed by atoms with Crippen LogP contribution in [0.4, 0.5) is 18.9 Å². The lowest BCUT2D eigenvalue weighted by Crippen LogP contribution is -2.43. The van der Waals surface area contributed by atoms with E-state index in [9.17, 15) is 32.3 Å². The van der Waals surface area contributed by atoms with Crippen molar-refractivity contribution in [1.29, 1.82) is 0 Å². The molecule has 0 saturated heterocycles. The second-order valence-corrected chi connectivity index (χ2v) is 6.48. The smallest absolute Gasteiger partial charge is 0.331 e. The molecule has 0 aliphatic heterocycles. The molecular weight excluding hydrogens is 417 g/mol. The van der Waals surface area contributed by atoms with E-state index in [-0.39, 0.29) is 17.4 Å². The molecule has 0 aliphatic carbocycles. The van der Waals surface area contributed by atoms with Crippen LogP contribution in [0.2, 0.25) is 0 Å². The molecule has 0 fully saturated rings. The summed E-state index contributed by atoms with van der Waals surface area (Å²) >= 11 is 0. The van der Waals surface area contributed by atoms with Gasteiger partial charge in [0.2, 0.25) is 11.8 Å². The van der Waals surface area contributed by atoms with Gasteiger partial charge in [-0.05, 0) is 31.2 Å². The van der Waals surface area contributed by atoms with Crippen molar-refractivity contribution in [2.24, 2.45) is 0 Å². The van der Waals surface area contributed by atoms with Gasteiger partial charge in [-0.1, -0.05) is 12.1 Å². The van der Waals surface area contributed by atoms with Gasteiger partial charge in [-0.15, -0.1) is 0 Å². The van der Waals surface area contributed by atoms with Crippen LogP contribution in [-0.4, -0.2) is 27.5 Å². The summed E-state index contributed by atoms with van der Waals surface area (Å²) in [6.45, 7) is 0.625. The molecule has 0 atom stereocenters. The van der Waals surface area contributed by atoms with Crippen molar-refractivity contribution in [3.05, 3.63) is 74.7 Å². The summed E-state index contributed by atoms with van der Waals surface area (Å²) in [5.74, 6) is -6.34. The van der Waals surface area contributed by atoms with Crippen molar-refractivity contribution in [3.8, 4) is 0 Å². The molecule has 0 bridgehead atoms. The quantitative estimate of drug-likeness (QED) is 0.572. The van der Waals surface area contributed by atoms with Crippen molar-refractivity contribution in [3.63, 3.8) is 0 Å². The fourth-order valence-electron chi connectivity index (χ4n) is 3.00. The number of rotatable bonds is 6. The fraction of sp³-hybridized carbons (Fsp3) is 0.200. The van der Waals surface area contributed by atoms with Gasteiger partial charge < -0.3 is 10.6 Å². The maximum atomic E-state index is 13.6. The highest BCUT2D eigenvalue weighted by Crippen LogP contribution is 2.19. The molecule has 0 unspecified atom stereocenters. The van der Waals surface area contributed by atoms with E-state index in [1.165, 1.54) is 12.1 Å². The summed E-state index contributed by atoms with van der Waals surface area (Å²) in [5.41, 5.74) is -1.50. The lowest BCUT2D eigenvalue weighted by atomic mass is 10.2. The zero-order chi connectivity index (χ0) is 22.7. The van der Waals surface area contributed by atoms with E-state index >= 15 is 0 Å². The molecule has 8 nitrogen and oxygen atoms in total. The van der Waals surface area contributed by atoms with Gasteiger partial charge in [-0.2, -0.15) is 0 Å². The Bertz CT molecular complexity index is 1300. The van der Waals surface area contributed by atoms with Crippen LogP contribution in [0.3, 0.4) is 0 Å². The molecule has 3 rings (SSSR count).